The summed E-state index contributed by atoms with van der Waals surface area (Å²) in [6.45, 7) is 1.78. The van der Waals surface area contributed by atoms with Gasteiger partial charge in [-0.1, -0.05) is 35.3 Å². The van der Waals surface area contributed by atoms with E-state index in [4.69, 9.17) is 23.2 Å². The summed E-state index contributed by atoms with van der Waals surface area (Å²) < 4.78 is 0. The molecule has 0 unspecified atom stereocenters. The molecule has 2 N–H and O–H groups in total. The number of nitrogens with zero attached hydrogens (tertiary/aromatic N) is 1. The lowest BCUT2D eigenvalue weighted by atomic mass is 10.1. The van der Waals surface area contributed by atoms with Crippen molar-refractivity contribution in [3.05, 3.63) is 63.6 Å². The van der Waals surface area contributed by atoms with Crippen LogP contribution in [0.1, 0.15) is 35.7 Å². The molecule has 5 nitrogen and oxygen atoms in total. The Bertz CT molecular complexity index is 875. The summed E-state index contributed by atoms with van der Waals surface area (Å²) in [5, 5.41) is 7.70. The Labute approximate surface area is 161 Å². The maximum absolute atomic E-state index is 12.2. The predicted octanol–water partition coefficient (Wildman–Crippen LogP) is 4.50. The highest BCUT2D eigenvalue weighted by molar-refractivity contribution is 6.36. The number of nitrogens with one attached hydrogen (secondary N) is 2. The largest absolute Gasteiger partial charge is 0.326 e. The Balaban J connectivity index is 1.63. The maximum atomic E-state index is 12.2. The topological polar surface area (TPSA) is 70.6 Å². The van der Waals surface area contributed by atoms with Gasteiger partial charge in [0, 0.05) is 16.6 Å². The van der Waals surface area contributed by atoms with Crippen molar-refractivity contribution in [1.82, 2.24) is 5.43 Å². The van der Waals surface area contributed by atoms with Crippen LogP contribution >= 0.6 is 23.2 Å². The van der Waals surface area contributed by atoms with E-state index in [1.54, 1.807) is 19.1 Å². The van der Waals surface area contributed by atoms with Gasteiger partial charge in [0.15, 0.2) is 0 Å². The molecule has 0 spiro atoms. The fourth-order valence-corrected chi connectivity index (χ4v) is 2.81. The predicted molar refractivity (Wildman–Crippen MR) is 104 cm³/mol. The highest BCUT2D eigenvalue weighted by Crippen LogP contribution is 2.30. The summed E-state index contributed by atoms with van der Waals surface area (Å²) in [4.78, 5) is 23.9. The number of halogens is 2. The van der Waals surface area contributed by atoms with Crippen LogP contribution in [0.5, 0.6) is 0 Å². The molecule has 1 aliphatic carbocycles. The normalized spacial score (nSPS) is 14.0. The average molecular weight is 390 g/mol. The number of hydrogen-bond acceptors (Lipinski definition) is 3. The molecule has 0 aliphatic heterocycles. The van der Waals surface area contributed by atoms with Crippen LogP contribution in [-0.2, 0) is 4.79 Å². The lowest BCUT2D eigenvalue weighted by molar-refractivity contribution is -0.117. The third-order valence-electron chi connectivity index (χ3n) is 4.02. The third-order valence-corrected chi connectivity index (χ3v) is 4.57. The van der Waals surface area contributed by atoms with Crippen molar-refractivity contribution in [1.29, 1.82) is 0 Å². The first-order chi connectivity index (χ1) is 12.4. The molecule has 0 radical (unpaired) electrons. The third kappa shape index (κ3) is 4.62. The van der Waals surface area contributed by atoms with Gasteiger partial charge in [-0.05, 0) is 55.7 Å². The molecule has 0 bridgehead atoms. The monoisotopic (exact) mass is 389 g/mol. The van der Waals surface area contributed by atoms with E-state index in [1.165, 1.54) is 6.07 Å². The fraction of sp³-hybridized carbons (Fsp3) is 0.211. The van der Waals surface area contributed by atoms with Crippen LogP contribution < -0.4 is 10.7 Å². The number of benzene rings is 2. The Kier molecular flexibility index (Phi) is 5.59. The summed E-state index contributed by atoms with van der Waals surface area (Å²) in [7, 11) is 0. The molecule has 1 aliphatic rings. The van der Waals surface area contributed by atoms with Crippen molar-refractivity contribution in [3.8, 4) is 0 Å². The minimum atomic E-state index is -0.417. The van der Waals surface area contributed by atoms with Crippen molar-refractivity contribution < 1.29 is 9.59 Å². The summed E-state index contributed by atoms with van der Waals surface area (Å²) >= 11 is 11.8. The molecule has 0 heterocycles. The quantitative estimate of drug-likeness (QED) is 0.583. The summed E-state index contributed by atoms with van der Waals surface area (Å²) in [6, 6.07) is 11.9. The second-order valence-electron chi connectivity index (χ2n) is 6.10. The first-order valence-electron chi connectivity index (χ1n) is 8.15. The number of rotatable bonds is 5. The standard InChI is InChI=1S/C19H17Cl2N3O2/c1-11(23-24-19(26)16-9-6-14(20)10-17(16)21)12-4-7-15(8-5-12)22-18(25)13-2-3-13/h4-10,13H,2-3H2,1H3,(H,22,25)(H,24,26). The smallest absolute Gasteiger partial charge is 0.272 e. The minimum Gasteiger partial charge on any atom is -0.326 e. The van der Waals surface area contributed by atoms with Gasteiger partial charge in [-0.25, -0.2) is 5.43 Å². The molecule has 2 aromatic carbocycles. The van der Waals surface area contributed by atoms with Crippen LogP contribution in [0.4, 0.5) is 5.69 Å². The summed E-state index contributed by atoms with van der Waals surface area (Å²) in [5.41, 5.74) is 4.98. The van der Waals surface area contributed by atoms with E-state index in [9.17, 15) is 9.59 Å². The Morgan fingerprint density at radius 2 is 1.77 bits per heavy atom. The Morgan fingerprint density at radius 3 is 2.38 bits per heavy atom. The van der Waals surface area contributed by atoms with Gasteiger partial charge in [-0.15, -0.1) is 0 Å². The van der Waals surface area contributed by atoms with Gasteiger partial charge >= 0.3 is 0 Å². The van der Waals surface area contributed by atoms with Gasteiger partial charge in [-0.3, -0.25) is 9.59 Å². The maximum Gasteiger partial charge on any atom is 0.272 e. The Hall–Kier alpha value is -2.37. The van der Waals surface area contributed by atoms with Crippen LogP contribution in [0.3, 0.4) is 0 Å². The van der Waals surface area contributed by atoms with Gasteiger partial charge in [0.2, 0.25) is 5.91 Å². The molecule has 1 fully saturated rings. The van der Waals surface area contributed by atoms with E-state index in [1.807, 2.05) is 24.3 Å². The molecule has 26 heavy (non-hydrogen) atoms. The zero-order valence-corrected chi connectivity index (χ0v) is 15.6. The average Bonchev–Trinajstić information content (AvgIpc) is 3.45. The first kappa shape index (κ1) is 18.4. The fourth-order valence-electron chi connectivity index (χ4n) is 2.32. The summed E-state index contributed by atoms with van der Waals surface area (Å²) in [5.74, 6) is -0.192. The van der Waals surface area contributed by atoms with Crippen LogP contribution in [-0.4, -0.2) is 17.5 Å². The molecule has 1 saturated carbocycles. The van der Waals surface area contributed by atoms with E-state index >= 15 is 0 Å². The number of carbonyl (C=O) groups excluding carboxylic acids is 2. The molecule has 7 heteroatoms. The number of hydrogen-bond donors (Lipinski definition) is 2. The van der Waals surface area contributed by atoms with E-state index in [0.29, 0.717) is 16.3 Å². The molecular weight excluding hydrogens is 373 g/mol. The lowest BCUT2D eigenvalue weighted by Crippen LogP contribution is -2.19. The van der Waals surface area contributed by atoms with E-state index in [0.717, 1.165) is 24.1 Å². The zero-order valence-electron chi connectivity index (χ0n) is 14.1. The molecular formula is C19H17Cl2N3O2. The number of carbonyl (C=O) groups is 2. The van der Waals surface area contributed by atoms with Crippen LogP contribution in [0.15, 0.2) is 47.6 Å². The minimum absolute atomic E-state index is 0.0650. The first-order valence-corrected chi connectivity index (χ1v) is 8.90. The van der Waals surface area contributed by atoms with Gasteiger partial charge in [0.05, 0.1) is 16.3 Å². The molecule has 0 atom stereocenters. The lowest BCUT2D eigenvalue weighted by Gasteiger charge is -2.07. The molecule has 134 valence electrons. The second kappa shape index (κ2) is 7.89. The van der Waals surface area contributed by atoms with Gasteiger partial charge < -0.3 is 5.32 Å². The van der Waals surface area contributed by atoms with Gasteiger partial charge in [-0.2, -0.15) is 5.10 Å². The SMILES string of the molecule is CC(=NNC(=O)c1ccc(Cl)cc1Cl)c1ccc(NC(=O)C2CC2)cc1. The van der Waals surface area contributed by atoms with Gasteiger partial charge in [0.25, 0.3) is 5.91 Å². The zero-order chi connectivity index (χ0) is 18.7. The van der Waals surface area contributed by atoms with Crippen molar-refractivity contribution in [2.45, 2.75) is 19.8 Å². The molecule has 3 rings (SSSR count). The second-order valence-corrected chi connectivity index (χ2v) is 6.95. The highest BCUT2D eigenvalue weighted by atomic mass is 35.5. The van der Waals surface area contributed by atoms with E-state index < -0.39 is 5.91 Å². The number of amides is 2. The van der Waals surface area contributed by atoms with Crippen molar-refractivity contribution in [2.24, 2.45) is 11.0 Å². The van der Waals surface area contributed by atoms with Crippen molar-refractivity contribution in [2.75, 3.05) is 5.32 Å². The van der Waals surface area contributed by atoms with Crippen LogP contribution in [0.25, 0.3) is 0 Å². The highest BCUT2D eigenvalue weighted by Gasteiger charge is 2.29. The molecule has 0 saturated heterocycles. The Morgan fingerprint density at radius 1 is 1.08 bits per heavy atom. The molecule has 2 aromatic rings. The number of hydrazone groups is 1. The molecule has 2 amide bonds. The van der Waals surface area contributed by atoms with Crippen LogP contribution in [0, 0.1) is 5.92 Å². The van der Waals surface area contributed by atoms with Crippen molar-refractivity contribution >= 4 is 46.4 Å². The van der Waals surface area contributed by atoms with E-state index in [2.05, 4.69) is 15.8 Å². The van der Waals surface area contributed by atoms with Crippen LogP contribution in [0.2, 0.25) is 10.0 Å². The van der Waals surface area contributed by atoms with Gasteiger partial charge in [0.1, 0.15) is 0 Å². The number of anilines is 1. The van der Waals surface area contributed by atoms with E-state index in [-0.39, 0.29) is 16.8 Å². The summed E-state index contributed by atoms with van der Waals surface area (Å²) in [6.07, 6.45) is 1.93. The van der Waals surface area contributed by atoms with Crippen molar-refractivity contribution in [3.63, 3.8) is 0 Å². The molecule has 0 aromatic heterocycles.